The second-order valence-corrected chi connectivity index (χ2v) is 9.09. The van der Waals surface area contributed by atoms with Crippen molar-refractivity contribution in [3.05, 3.63) is 95.6 Å². The molecule has 0 saturated heterocycles. The summed E-state index contributed by atoms with van der Waals surface area (Å²) in [5.41, 5.74) is 3.52. The molecule has 0 aliphatic rings. The van der Waals surface area contributed by atoms with E-state index in [0.29, 0.717) is 24.7 Å². The monoisotopic (exact) mass is 533 g/mol. The first-order chi connectivity index (χ1) is 19.0. The molecule has 7 nitrogen and oxygen atoms in total. The van der Waals surface area contributed by atoms with E-state index in [9.17, 15) is 9.59 Å². The average molecular weight is 534 g/mol. The maximum Gasteiger partial charge on any atom is 0.344 e. The molecule has 0 bridgehead atoms. The number of carbonyl (C=O) groups is 2. The molecule has 3 rings (SSSR count). The second kappa shape index (κ2) is 16.2. The lowest BCUT2D eigenvalue weighted by atomic mass is 9.85. The Morgan fingerprint density at radius 2 is 1.18 bits per heavy atom. The molecule has 1 atom stereocenters. The molecule has 0 amide bonds. The van der Waals surface area contributed by atoms with Crippen LogP contribution in [0.5, 0.6) is 11.5 Å². The van der Waals surface area contributed by atoms with Gasteiger partial charge in [-0.2, -0.15) is 0 Å². The zero-order valence-corrected chi connectivity index (χ0v) is 23.1. The molecule has 1 N–H and O–H groups in total. The van der Waals surface area contributed by atoms with Crippen molar-refractivity contribution in [2.45, 2.75) is 52.1 Å². The van der Waals surface area contributed by atoms with Gasteiger partial charge < -0.3 is 24.3 Å². The number of carbonyl (C=O) groups excluding carboxylic acids is 2. The van der Waals surface area contributed by atoms with E-state index >= 15 is 0 Å². The Bertz CT molecular complexity index is 1070. The number of benzene rings is 3. The van der Waals surface area contributed by atoms with Gasteiger partial charge in [0, 0.05) is 18.5 Å². The summed E-state index contributed by atoms with van der Waals surface area (Å²) in [4.78, 5) is 23.3. The number of ether oxygens (including phenoxy) is 4. The van der Waals surface area contributed by atoms with E-state index in [1.165, 1.54) is 5.56 Å². The molecule has 0 aliphatic carbocycles. The predicted octanol–water partition coefficient (Wildman–Crippen LogP) is 5.66. The van der Waals surface area contributed by atoms with Gasteiger partial charge in [-0.3, -0.25) is 0 Å². The van der Waals surface area contributed by atoms with Gasteiger partial charge in [0.15, 0.2) is 13.2 Å². The van der Waals surface area contributed by atoms with Gasteiger partial charge in [0.1, 0.15) is 11.5 Å². The zero-order chi connectivity index (χ0) is 27.9. The van der Waals surface area contributed by atoms with Gasteiger partial charge in [-0.05, 0) is 67.6 Å². The summed E-state index contributed by atoms with van der Waals surface area (Å²) in [7, 11) is 0. The van der Waals surface area contributed by atoms with Gasteiger partial charge in [-0.15, -0.1) is 0 Å². The lowest BCUT2D eigenvalue weighted by molar-refractivity contribution is -0.146. The van der Waals surface area contributed by atoms with Crippen molar-refractivity contribution in [1.82, 2.24) is 5.32 Å². The highest BCUT2D eigenvalue weighted by atomic mass is 16.6. The predicted molar refractivity (Wildman–Crippen MR) is 151 cm³/mol. The molecule has 0 radical (unpaired) electrons. The summed E-state index contributed by atoms with van der Waals surface area (Å²) in [5.74, 6) is 0.557. The fourth-order valence-electron chi connectivity index (χ4n) is 4.28. The summed E-state index contributed by atoms with van der Waals surface area (Å²) in [6.07, 6.45) is 1.86. The second-order valence-electron chi connectivity index (χ2n) is 9.09. The Labute approximate surface area is 231 Å². The fourth-order valence-corrected chi connectivity index (χ4v) is 4.28. The molecule has 0 aliphatic heterocycles. The van der Waals surface area contributed by atoms with Crippen LogP contribution in [0.15, 0.2) is 78.9 Å². The van der Waals surface area contributed by atoms with E-state index in [1.54, 1.807) is 13.8 Å². The van der Waals surface area contributed by atoms with Crippen LogP contribution in [0.1, 0.15) is 56.2 Å². The molecule has 208 valence electrons. The minimum Gasteiger partial charge on any atom is -0.482 e. The third kappa shape index (κ3) is 10.1. The molecule has 0 spiro atoms. The highest BCUT2D eigenvalue weighted by molar-refractivity contribution is 5.71. The highest BCUT2D eigenvalue weighted by Crippen LogP contribution is 2.32. The van der Waals surface area contributed by atoms with E-state index in [0.717, 1.165) is 30.5 Å². The van der Waals surface area contributed by atoms with Crippen LogP contribution in [0.25, 0.3) is 0 Å². The van der Waals surface area contributed by atoms with Crippen LogP contribution in [0.3, 0.4) is 0 Å². The zero-order valence-electron chi connectivity index (χ0n) is 23.1. The molecule has 3 aromatic rings. The third-order valence-corrected chi connectivity index (χ3v) is 6.34. The normalized spacial score (nSPS) is 11.6. The molecular weight excluding hydrogens is 494 g/mol. The standard InChI is InChI=1S/C32H39NO6/c1-4-27(33-21-24-10-8-7-9-11-24)20-30(25-12-16-28(17-13-25)38-22-31(34)36-5-2)26-14-18-29(19-15-26)39-23-32(35)37-6-3/h7-19,27,30,33H,4-6,20-23H2,1-3H3. The van der Waals surface area contributed by atoms with Gasteiger partial charge in [0.05, 0.1) is 13.2 Å². The lowest BCUT2D eigenvalue weighted by Crippen LogP contribution is -2.30. The van der Waals surface area contributed by atoms with Crippen molar-refractivity contribution in [3.8, 4) is 11.5 Å². The minimum atomic E-state index is -0.389. The van der Waals surface area contributed by atoms with Crippen molar-refractivity contribution in [1.29, 1.82) is 0 Å². The fraction of sp³-hybridized carbons (Fsp3) is 0.375. The van der Waals surface area contributed by atoms with Gasteiger partial charge in [-0.1, -0.05) is 61.5 Å². The van der Waals surface area contributed by atoms with Gasteiger partial charge in [0.2, 0.25) is 0 Å². The van der Waals surface area contributed by atoms with E-state index in [4.69, 9.17) is 18.9 Å². The van der Waals surface area contributed by atoms with Crippen LogP contribution in [-0.2, 0) is 25.6 Å². The van der Waals surface area contributed by atoms with Crippen LogP contribution in [0.2, 0.25) is 0 Å². The molecular formula is C32H39NO6. The maximum atomic E-state index is 11.6. The van der Waals surface area contributed by atoms with Crippen LogP contribution in [0, 0.1) is 0 Å². The SMILES string of the molecule is CCOC(=O)COc1ccc(C(CC(CC)NCc2ccccc2)c2ccc(OCC(=O)OCC)cc2)cc1. The maximum absolute atomic E-state index is 11.6. The summed E-state index contributed by atoms with van der Waals surface area (Å²) in [5, 5.41) is 3.72. The number of esters is 2. The molecule has 0 aromatic heterocycles. The van der Waals surface area contributed by atoms with Crippen molar-refractivity contribution in [2.75, 3.05) is 26.4 Å². The molecule has 1 unspecified atom stereocenters. The largest absolute Gasteiger partial charge is 0.482 e. The minimum absolute atomic E-state index is 0.108. The molecule has 3 aromatic carbocycles. The molecule has 0 heterocycles. The first-order valence-electron chi connectivity index (χ1n) is 13.6. The summed E-state index contributed by atoms with van der Waals surface area (Å²) >= 11 is 0. The van der Waals surface area contributed by atoms with Crippen molar-refractivity contribution in [2.24, 2.45) is 0 Å². The highest BCUT2D eigenvalue weighted by Gasteiger charge is 2.20. The van der Waals surface area contributed by atoms with E-state index in [-0.39, 0.29) is 37.1 Å². The number of hydrogen-bond donors (Lipinski definition) is 1. The van der Waals surface area contributed by atoms with Gasteiger partial charge >= 0.3 is 11.9 Å². The number of nitrogens with one attached hydrogen (secondary N) is 1. The summed E-state index contributed by atoms with van der Waals surface area (Å²) < 4.78 is 21.1. The van der Waals surface area contributed by atoms with Gasteiger partial charge in [-0.25, -0.2) is 9.59 Å². The van der Waals surface area contributed by atoms with Crippen LogP contribution in [0.4, 0.5) is 0 Å². The lowest BCUT2D eigenvalue weighted by Gasteiger charge is -2.25. The van der Waals surface area contributed by atoms with Crippen molar-refractivity contribution >= 4 is 11.9 Å². The van der Waals surface area contributed by atoms with E-state index < -0.39 is 0 Å². The quantitative estimate of drug-likeness (QED) is 0.238. The Balaban J connectivity index is 1.75. The Hall–Kier alpha value is -3.84. The Morgan fingerprint density at radius 3 is 1.62 bits per heavy atom. The summed E-state index contributed by atoms with van der Waals surface area (Å²) in [6.45, 7) is 6.94. The third-order valence-electron chi connectivity index (χ3n) is 6.34. The molecule has 7 heteroatoms. The average Bonchev–Trinajstić information content (AvgIpc) is 2.97. The molecule has 39 heavy (non-hydrogen) atoms. The topological polar surface area (TPSA) is 83.1 Å². The Morgan fingerprint density at radius 1 is 0.692 bits per heavy atom. The van der Waals surface area contributed by atoms with Crippen molar-refractivity contribution < 1.29 is 28.5 Å². The van der Waals surface area contributed by atoms with Crippen LogP contribution < -0.4 is 14.8 Å². The first-order valence-corrected chi connectivity index (χ1v) is 13.6. The van der Waals surface area contributed by atoms with Gasteiger partial charge in [0.25, 0.3) is 0 Å². The van der Waals surface area contributed by atoms with Crippen molar-refractivity contribution in [3.63, 3.8) is 0 Å². The number of rotatable bonds is 16. The smallest absolute Gasteiger partial charge is 0.344 e. The van der Waals surface area contributed by atoms with E-state index in [2.05, 4.69) is 36.5 Å². The van der Waals surface area contributed by atoms with Crippen LogP contribution >= 0.6 is 0 Å². The molecule has 0 saturated carbocycles. The molecule has 0 fully saturated rings. The van der Waals surface area contributed by atoms with Crippen LogP contribution in [-0.4, -0.2) is 44.4 Å². The number of hydrogen-bond acceptors (Lipinski definition) is 7. The Kier molecular flexibility index (Phi) is 12.3. The summed E-state index contributed by atoms with van der Waals surface area (Å²) in [6, 6.07) is 26.4. The van der Waals surface area contributed by atoms with E-state index in [1.807, 2.05) is 54.6 Å². The first kappa shape index (κ1) is 29.7.